The van der Waals surface area contributed by atoms with E-state index in [9.17, 15) is 9.90 Å². The van der Waals surface area contributed by atoms with E-state index in [1.807, 2.05) is 0 Å². The maximum Gasteiger partial charge on any atom is 0.274 e. The van der Waals surface area contributed by atoms with Crippen LogP contribution in [0.4, 0.5) is 5.69 Å². The van der Waals surface area contributed by atoms with Gasteiger partial charge in [-0.3, -0.25) is 4.79 Å². The molecule has 0 saturated heterocycles. The van der Waals surface area contributed by atoms with Crippen molar-refractivity contribution in [2.24, 2.45) is 0 Å². The standard InChI is InChI=1S/C11H11N3O2/c1-12-9-6-13-10(14-11(9)16)7-3-2-4-8(15)5-7/h2-6,12,15H,1H3,(H,13,14,16). The van der Waals surface area contributed by atoms with E-state index >= 15 is 0 Å². The lowest BCUT2D eigenvalue weighted by atomic mass is 10.2. The lowest BCUT2D eigenvalue weighted by Crippen LogP contribution is -2.13. The van der Waals surface area contributed by atoms with Crippen LogP contribution in [0, 0.1) is 0 Å². The van der Waals surface area contributed by atoms with Gasteiger partial charge in [0.25, 0.3) is 5.56 Å². The van der Waals surface area contributed by atoms with Gasteiger partial charge < -0.3 is 15.4 Å². The lowest BCUT2D eigenvalue weighted by Gasteiger charge is -2.03. The van der Waals surface area contributed by atoms with Crippen LogP contribution < -0.4 is 10.9 Å². The quantitative estimate of drug-likeness (QED) is 0.706. The normalized spacial score (nSPS) is 10.1. The number of hydrogen-bond donors (Lipinski definition) is 3. The van der Waals surface area contributed by atoms with Crippen molar-refractivity contribution in [2.75, 3.05) is 12.4 Å². The van der Waals surface area contributed by atoms with E-state index < -0.39 is 0 Å². The Kier molecular flexibility index (Phi) is 2.59. The average molecular weight is 217 g/mol. The van der Waals surface area contributed by atoms with Crippen LogP contribution in [0.2, 0.25) is 0 Å². The van der Waals surface area contributed by atoms with Gasteiger partial charge >= 0.3 is 0 Å². The van der Waals surface area contributed by atoms with E-state index in [4.69, 9.17) is 0 Å². The number of aromatic amines is 1. The Balaban J connectivity index is 2.49. The summed E-state index contributed by atoms with van der Waals surface area (Å²) >= 11 is 0. The molecule has 0 atom stereocenters. The molecule has 0 bridgehead atoms. The number of aromatic hydroxyl groups is 1. The van der Waals surface area contributed by atoms with Crippen molar-refractivity contribution in [1.82, 2.24) is 9.97 Å². The first-order valence-electron chi connectivity index (χ1n) is 4.77. The van der Waals surface area contributed by atoms with Gasteiger partial charge in [0, 0.05) is 12.6 Å². The Hall–Kier alpha value is -2.30. The number of rotatable bonds is 2. The number of aromatic nitrogens is 2. The van der Waals surface area contributed by atoms with Crippen molar-refractivity contribution in [3.8, 4) is 17.1 Å². The molecule has 0 radical (unpaired) electrons. The predicted octanol–water partition coefficient (Wildman–Crippen LogP) is 1.18. The molecular weight excluding hydrogens is 206 g/mol. The number of phenolic OH excluding ortho intramolecular Hbond substituents is 1. The Morgan fingerprint density at radius 1 is 1.44 bits per heavy atom. The van der Waals surface area contributed by atoms with E-state index in [-0.39, 0.29) is 11.3 Å². The fraction of sp³-hybridized carbons (Fsp3) is 0.0909. The largest absolute Gasteiger partial charge is 0.508 e. The Bertz CT molecular complexity index is 563. The van der Waals surface area contributed by atoms with Crippen molar-refractivity contribution in [1.29, 1.82) is 0 Å². The summed E-state index contributed by atoms with van der Waals surface area (Å²) in [5.74, 6) is 0.567. The minimum Gasteiger partial charge on any atom is -0.508 e. The summed E-state index contributed by atoms with van der Waals surface area (Å²) in [4.78, 5) is 18.2. The van der Waals surface area contributed by atoms with Crippen LogP contribution in [0.3, 0.4) is 0 Å². The smallest absolute Gasteiger partial charge is 0.274 e. The van der Waals surface area contributed by atoms with E-state index in [2.05, 4.69) is 15.3 Å². The monoisotopic (exact) mass is 217 g/mol. The maximum absolute atomic E-state index is 11.5. The zero-order valence-corrected chi connectivity index (χ0v) is 8.69. The summed E-state index contributed by atoms with van der Waals surface area (Å²) in [5.41, 5.74) is 0.833. The van der Waals surface area contributed by atoms with Gasteiger partial charge in [-0.1, -0.05) is 12.1 Å². The highest BCUT2D eigenvalue weighted by Gasteiger charge is 2.03. The number of hydrogen-bond acceptors (Lipinski definition) is 4. The second-order valence-electron chi connectivity index (χ2n) is 3.27. The van der Waals surface area contributed by atoms with Crippen LogP contribution in [0.25, 0.3) is 11.4 Å². The van der Waals surface area contributed by atoms with E-state index in [1.165, 1.54) is 12.3 Å². The number of nitrogens with one attached hydrogen (secondary N) is 2. The summed E-state index contributed by atoms with van der Waals surface area (Å²) in [6.45, 7) is 0. The van der Waals surface area contributed by atoms with Crippen LogP contribution >= 0.6 is 0 Å². The molecule has 0 unspecified atom stereocenters. The summed E-state index contributed by atoms with van der Waals surface area (Å²) in [6.07, 6.45) is 1.46. The maximum atomic E-state index is 11.5. The highest BCUT2D eigenvalue weighted by molar-refractivity contribution is 5.58. The SMILES string of the molecule is CNc1cnc(-c2cccc(O)c2)[nH]c1=O. The van der Waals surface area contributed by atoms with Crippen molar-refractivity contribution < 1.29 is 5.11 Å². The zero-order chi connectivity index (χ0) is 11.5. The summed E-state index contributed by atoms with van der Waals surface area (Å²) in [7, 11) is 1.65. The predicted molar refractivity (Wildman–Crippen MR) is 61.5 cm³/mol. The van der Waals surface area contributed by atoms with Gasteiger partial charge in [0.1, 0.15) is 17.3 Å². The third-order valence-electron chi connectivity index (χ3n) is 2.19. The first kappa shape index (κ1) is 10.2. The molecule has 1 heterocycles. The molecule has 0 spiro atoms. The molecule has 1 aromatic carbocycles. The molecular formula is C11H11N3O2. The molecule has 5 heteroatoms. The highest BCUT2D eigenvalue weighted by Crippen LogP contribution is 2.18. The molecule has 0 aliphatic rings. The second kappa shape index (κ2) is 4.06. The van der Waals surface area contributed by atoms with E-state index in [1.54, 1.807) is 25.2 Å². The molecule has 5 nitrogen and oxygen atoms in total. The lowest BCUT2D eigenvalue weighted by molar-refractivity contribution is 0.475. The summed E-state index contributed by atoms with van der Waals surface area (Å²) in [5, 5.41) is 12.0. The van der Waals surface area contributed by atoms with Gasteiger partial charge in [-0.2, -0.15) is 0 Å². The summed E-state index contributed by atoms with van der Waals surface area (Å²) < 4.78 is 0. The number of anilines is 1. The molecule has 82 valence electrons. The van der Waals surface area contributed by atoms with Crippen LogP contribution in [0.1, 0.15) is 0 Å². The Labute approximate surface area is 91.8 Å². The Morgan fingerprint density at radius 3 is 2.88 bits per heavy atom. The van der Waals surface area contributed by atoms with E-state index in [0.717, 1.165) is 0 Å². The molecule has 0 aliphatic heterocycles. The Morgan fingerprint density at radius 2 is 2.25 bits per heavy atom. The molecule has 0 fully saturated rings. The van der Waals surface area contributed by atoms with E-state index in [0.29, 0.717) is 17.1 Å². The molecule has 2 rings (SSSR count). The highest BCUT2D eigenvalue weighted by atomic mass is 16.3. The van der Waals surface area contributed by atoms with Gasteiger partial charge in [0.2, 0.25) is 0 Å². The van der Waals surface area contributed by atoms with Gasteiger partial charge in [0.15, 0.2) is 0 Å². The fourth-order valence-corrected chi connectivity index (χ4v) is 1.37. The first-order valence-corrected chi connectivity index (χ1v) is 4.77. The second-order valence-corrected chi connectivity index (χ2v) is 3.27. The average Bonchev–Trinajstić information content (AvgIpc) is 2.29. The molecule has 16 heavy (non-hydrogen) atoms. The van der Waals surface area contributed by atoms with Crippen molar-refractivity contribution >= 4 is 5.69 Å². The topological polar surface area (TPSA) is 78.0 Å². The van der Waals surface area contributed by atoms with Gasteiger partial charge in [-0.05, 0) is 12.1 Å². The van der Waals surface area contributed by atoms with Crippen molar-refractivity contribution in [3.05, 3.63) is 40.8 Å². The molecule has 1 aromatic heterocycles. The first-order chi connectivity index (χ1) is 7.70. The van der Waals surface area contributed by atoms with Crippen LogP contribution in [0.5, 0.6) is 5.75 Å². The number of H-pyrrole nitrogens is 1. The van der Waals surface area contributed by atoms with Gasteiger partial charge in [0.05, 0.1) is 6.20 Å². The fourth-order valence-electron chi connectivity index (χ4n) is 1.37. The third kappa shape index (κ3) is 1.88. The minimum atomic E-state index is -0.240. The number of nitrogens with zero attached hydrogens (tertiary/aromatic N) is 1. The van der Waals surface area contributed by atoms with Crippen molar-refractivity contribution in [2.45, 2.75) is 0 Å². The molecule has 3 N–H and O–H groups in total. The molecule has 0 amide bonds. The third-order valence-corrected chi connectivity index (χ3v) is 2.19. The molecule has 0 saturated carbocycles. The number of benzene rings is 1. The molecule has 2 aromatic rings. The van der Waals surface area contributed by atoms with Crippen molar-refractivity contribution in [3.63, 3.8) is 0 Å². The van der Waals surface area contributed by atoms with Gasteiger partial charge in [-0.15, -0.1) is 0 Å². The van der Waals surface area contributed by atoms with Crippen LogP contribution in [0.15, 0.2) is 35.3 Å². The van der Waals surface area contributed by atoms with Gasteiger partial charge in [-0.25, -0.2) is 4.98 Å². The minimum absolute atomic E-state index is 0.137. The van der Waals surface area contributed by atoms with Crippen LogP contribution in [-0.4, -0.2) is 22.1 Å². The van der Waals surface area contributed by atoms with Crippen LogP contribution in [-0.2, 0) is 0 Å². The molecule has 0 aliphatic carbocycles. The zero-order valence-electron chi connectivity index (χ0n) is 8.69. The number of phenols is 1. The summed E-state index contributed by atoms with van der Waals surface area (Å²) in [6, 6.07) is 6.55.